The molecule has 2 aromatic rings. The Morgan fingerprint density at radius 2 is 1.76 bits per heavy atom. The van der Waals surface area contributed by atoms with Crippen molar-refractivity contribution in [2.75, 3.05) is 10.6 Å². The summed E-state index contributed by atoms with van der Waals surface area (Å²) < 4.78 is 0. The van der Waals surface area contributed by atoms with Crippen LogP contribution in [0.3, 0.4) is 0 Å². The Hall–Kier alpha value is -2.63. The second-order valence-electron chi connectivity index (χ2n) is 6.91. The summed E-state index contributed by atoms with van der Waals surface area (Å²) in [4.78, 5) is 15.4. The van der Waals surface area contributed by atoms with Crippen LogP contribution in [0.15, 0.2) is 36.4 Å². The first-order valence-corrected chi connectivity index (χ1v) is 8.77. The Kier molecular flexibility index (Phi) is 5.16. The van der Waals surface area contributed by atoms with Crippen LogP contribution in [0.4, 0.5) is 23.0 Å². The maximum absolute atomic E-state index is 11.3. The summed E-state index contributed by atoms with van der Waals surface area (Å²) in [6, 6.07) is 11.3. The zero-order valence-corrected chi connectivity index (χ0v) is 14.7. The first-order chi connectivity index (χ1) is 12.0. The van der Waals surface area contributed by atoms with Crippen molar-refractivity contribution in [3.8, 4) is 0 Å². The lowest BCUT2D eigenvalue weighted by Crippen LogP contribution is -2.25. The van der Waals surface area contributed by atoms with E-state index in [1.54, 1.807) is 6.07 Å². The standard InChI is InChI=1S/C19H24N4O2/c1-13-3-7-15(8-4-13)20-18-12-11-17(23(24)25)19(22-18)21-16-9-5-14(2)6-10-16/h5-6,9-13,15H,3-4,7-8H2,1-2H3,(H2,20,21,22). The molecule has 1 aliphatic rings. The van der Waals surface area contributed by atoms with Gasteiger partial charge in [0.05, 0.1) is 4.92 Å². The zero-order chi connectivity index (χ0) is 17.8. The highest BCUT2D eigenvalue weighted by Gasteiger charge is 2.20. The lowest BCUT2D eigenvalue weighted by molar-refractivity contribution is -0.384. The van der Waals surface area contributed by atoms with E-state index in [-0.39, 0.29) is 11.5 Å². The summed E-state index contributed by atoms with van der Waals surface area (Å²) in [5.74, 6) is 1.73. The molecule has 1 saturated carbocycles. The van der Waals surface area contributed by atoms with E-state index >= 15 is 0 Å². The molecular formula is C19H24N4O2. The van der Waals surface area contributed by atoms with E-state index in [2.05, 4.69) is 22.5 Å². The fraction of sp³-hybridized carbons (Fsp3) is 0.421. The Balaban J connectivity index is 1.79. The summed E-state index contributed by atoms with van der Waals surface area (Å²) in [7, 11) is 0. The lowest BCUT2D eigenvalue weighted by Gasteiger charge is -2.27. The first-order valence-electron chi connectivity index (χ1n) is 8.77. The van der Waals surface area contributed by atoms with Crippen molar-refractivity contribution in [2.45, 2.75) is 45.6 Å². The molecule has 25 heavy (non-hydrogen) atoms. The number of pyridine rings is 1. The smallest absolute Gasteiger partial charge is 0.311 e. The molecule has 0 amide bonds. The molecule has 0 unspecified atom stereocenters. The van der Waals surface area contributed by atoms with Crippen LogP contribution in [0, 0.1) is 23.0 Å². The second-order valence-corrected chi connectivity index (χ2v) is 6.91. The van der Waals surface area contributed by atoms with Gasteiger partial charge in [-0.05, 0) is 56.7 Å². The van der Waals surface area contributed by atoms with Gasteiger partial charge in [-0.2, -0.15) is 0 Å². The molecule has 0 saturated heterocycles. The minimum atomic E-state index is -0.407. The van der Waals surface area contributed by atoms with Gasteiger partial charge in [-0.1, -0.05) is 24.6 Å². The van der Waals surface area contributed by atoms with Crippen molar-refractivity contribution < 1.29 is 4.92 Å². The molecular weight excluding hydrogens is 316 g/mol. The highest BCUT2D eigenvalue weighted by molar-refractivity contribution is 5.67. The van der Waals surface area contributed by atoms with Gasteiger partial charge in [0, 0.05) is 17.8 Å². The van der Waals surface area contributed by atoms with Gasteiger partial charge in [-0.3, -0.25) is 10.1 Å². The fourth-order valence-corrected chi connectivity index (χ4v) is 3.16. The van der Waals surface area contributed by atoms with Gasteiger partial charge >= 0.3 is 5.69 Å². The number of nitrogens with one attached hydrogen (secondary N) is 2. The predicted molar refractivity (Wildman–Crippen MR) is 100 cm³/mol. The number of aromatic nitrogens is 1. The predicted octanol–water partition coefficient (Wildman–Crippen LogP) is 5.03. The molecule has 1 aromatic carbocycles. The largest absolute Gasteiger partial charge is 0.367 e. The first kappa shape index (κ1) is 17.2. The lowest BCUT2D eigenvalue weighted by atomic mass is 9.87. The number of rotatable bonds is 5. The van der Waals surface area contributed by atoms with Crippen LogP contribution in [0.2, 0.25) is 0 Å². The minimum Gasteiger partial charge on any atom is -0.367 e. The average molecular weight is 340 g/mol. The molecule has 0 bridgehead atoms. The van der Waals surface area contributed by atoms with Gasteiger partial charge in [0.2, 0.25) is 5.82 Å². The third-order valence-electron chi connectivity index (χ3n) is 4.75. The van der Waals surface area contributed by atoms with E-state index in [0.717, 1.165) is 30.0 Å². The molecule has 6 heteroatoms. The van der Waals surface area contributed by atoms with Crippen molar-refractivity contribution in [3.05, 3.63) is 52.1 Å². The highest BCUT2D eigenvalue weighted by Crippen LogP contribution is 2.30. The molecule has 0 atom stereocenters. The summed E-state index contributed by atoms with van der Waals surface area (Å²) in [6.07, 6.45) is 4.64. The van der Waals surface area contributed by atoms with Crippen molar-refractivity contribution >= 4 is 23.0 Å². The molecule has 1 aromatic heterocycles. The Bertz CT molecular complexity index is 738. The van der Waals surface area contributed by atoms with E-state index in [9.17, 15) is 10.1 Å². The van der Waals surface area contributed by atoms with Gasteiger partial charge < -0.3 is 10.6 Å². The molecule has 0 aliphatic heterocycles. The van der Waals surface area contributed by atoms with Crippen LogP contribution < -0.4 is 10.6 Å². The molecule has 1 fully saturated rings. The van der Waals surface area contributed by atoms with Crippen LogP contribution in [-0.2, 0) is 0 Å². The molecule has 1 heterocycles. The van der Waals surface area contributed by atoms with Crippen molar-refractivity contribution in [1.29, 1.82) is 0 Å². The van der Waals surface area contributed by atoms with E-state index in [0.29, 0.717) is 11.9 Å². The Labute approximate surface area is 147 Å². The van der Waals surface area contributed by atoms with Gasteiger partial charge in [-0.25, -0.2) is 4.98 Å². The number of anilines is 3. The monoisotopic (exact) mass is 340 g/mol. The van der Waals surface area contributed by atoms with E-state index in [1.165, 1.54) is 18.9 Å². The maximum Gasteiger partial charge on any atom is 0.311 e. The second kappa shape index (κ2) is 7.51. The summed E-state index contributed by atoms with van der Waals surface area (Å²) in [5, 5.41) is 17.8. The molecule has 6 nitrogen and oxygen atoms in total. The van der Waals surface area contributed by atoms with Crippen LogP contribution >= 0.6 is 0 Å². The van der Waals surface area contributed by atoms with E-state index in [1.807, 2.05) is 31.2 Å². The van der Waals surface area contributed by atoms with Crippen LogP contribution in [-0.4, -0.2) is 15.9 Å². The topological polar surface area (TPSA) is 80.1 Å². The minimum absolute atomic E-state index is 0.0246. The van der Waals surface area contributed by atoms with E-state index in [4.69, 9.17) is 0 Å². The quantitative estimate of drug-likeness (QED) is 0.589. The fourth-order valence-electron chi connectivity index (χ4n) is 3.16. The Morgan fingerprint density at radius 1 is 1.08 bits per heavy atom. The normalized spacial score (nSPS) is 20.1. The third kappa shape index (κ3) is 4.47. The molecule has 132 valence electrons. The average Bonchev–Trinajstić information content (AvgIpc) is 2.59. The number of hydrogen-bond acceptors (Lipinski definition) is 5. The molecule has 0 radical (unpaired) electrons. The van der Waals surface area contributed by atoms with Crippen molar-refractivity contribution in [3.63, 3.8) is 0 Å². The summed E-state index contributed by atoms with van der Waals surface area (Å²) in [6.45, 7) is 4.28. The van der Waals surface area contributed by atoms with Crippen LogP contribution in [0.5, 0.6) is 0 Å². The summed E-state index contributed by atoms with van der Waals surface area (Å²) in [5.41, 5.74) is 1.89. The SMILES string of the molecule is Cc1ccc(Nc2nc(NC3CCC(C)CC3)ccc2[N+](=O)[O-])cc1. The molecule has 3 rings (SSSR count). The van der Waals surface area contributed by atoms with Crippen LogP contribution in [0.25, 0.3) is 0 Å². The number of nitro groups is 1. The van der Waals surface area contributed by atoms with Crippen molar-refractivity contribution in [2.24, 2.45) is 5.92 Å². The van der Waals surface area contributed by atoms with Gasteiger partial charge in [-0.15, -0.1) is 0 Å². The number of aryl methyl sites for hydroxylation is 1. The van der Waals surface area contributed by atoms with Gasteiger partial charge in [0.15, 0.2) is 0 Å². The van der Waals surface area contributed by atoms with E-state index < -0.39 is 4.92 Å². The van der Waals surface area contributed by atoms with Gasteiger partial charge in [0.1, 0.15) is 5.82 Å². The molecule has 1 aliphatic carbocycles. The third-order valence-corrected chi connectivity index (χ3v) is 4.75. The number of nitrogens with zero attached hydrogens (tertiary/aromatic N) is 2. The number of hydrogen-bond donors (Lipinski definition) is 2. The number of benzene rings is 1. The molecule has 2 N–H and O–H groups in total. The maximum atomic E-state index is 11.3. The van der Waals surface area contributed by atoms with Gasteiger partial charge in [0.25, 0.3) is 0 Å². The molecule has 0 spiro atoms. The highest BCUT2D eigenvalue weighted by atomic mass is 16.6. The van der Waals surface area contributed by atoms with Crippen molar-refractivity contribution in [1.82, 2.24) is 4.98 Å². The van der Waals surface area contributed by atoms with Crippen LogP contribution in [0.1, 0.15) is 38.2 Å². The Morgan fingerprint density at radius 3 is 2.40 bits per heavy atom. The summed E-state index contributed by atoms with van der Waals surface area (Å²) >= 11 is 0. The zero-order valence-electron chi connectivity index (χ0n) is 14.7.